The van der Waals surface area contributed by atoms with Crippen LogP contribution in [0.15, 0.2) is 24.3 Å². The van der Waals surface area contributed by atoms with Gasteiger partial charge in [-0.15, -0.1) is 0 Å². The van der Waals surface area contributed by atoms with Crippen molar-refractivity contribution in [2.24, 2.45) is 11.8 Å². The van der Waals surface area contributed by atoms with Crippen molar-refractivity contribution in [1.29, 1.82) is 0 Å². The maximum atomic E-state index is 13.9. The molecule has 174 valence electrons. The maximum absolute atomic E-state index is 13.9. The van der Waals surface area contributed by atoms with Crippen molar-refractivity contribution in [1.82, 2.24) is 16.0 Å². The Labute approximate surface area is 190 Å². The van der Waals surface area contributed by atoms with Crippen molar-refractivity contribution in [3.63, 3.8) is 0 Å². The second kappa shape index (κ2) is 11.6. The minimum Gasteiger partial charge on any atom is -0.480 e. The second-order valence-electron chi connectivity index (χ2n) is 8.10. The molecular weight excluding hydrogens is 441 g/mol. The van der Waals surface area contributed by atoms with Crippen LogP contribution in [-0.4, -0.2) is 47.4 Å². The van der Waals surface area contributed by atoms with Crippen molar-refractivity contribution in [3.05, 3.63) is 40.7 Å². The van der Waals surface area contributed by atoms with Crippen molar-refractivity contribution in [2.75, 3.05) is 6.54 Å². The summed E-state index contributed by atoms with van der Waals surface area (Å²) in [5, 5.41) is 17.3. The third-order valence-electron chi connectivity index (χ3n) is 5.01. The van der Waals surface area contributed by atoms with E-state index in [2.05, 4.69) is 16.0 Å². The van der Waals surface area contributed by atoms with Crippen LogP contribution in [0.25, 0.3) is 6.08 Å². The summed E-state index contributed by atoms with van der Waals surface area (Å²) >= 11 is 5.71. The molecule has 0 saturated carbocycles. The molecule has 4 N–H and O–H groups in total. The summed E-state index contributed by atoms with van der Waals surface area (Å²) in [7, 11) is 0. The predicted molar refractivity (Wildman–Crippen MR) is 117 cm³/mol. The number of carboxylic acid groups (broad SMARTS) is 1. The Morgan fingerprint density at radius 2 is 2.00 bits per heavy atom. The first-order chi connectivity index (χ1) is 15.1. The molecule has 1 heterocycles. The van der Waals surface area contributed by atoms with Gasteiger partial charge in [-0.1, -0.05) is 31.5 Å². The third kappa shape index (κ3) is 7.64. The molecule has 1 saturated heterocycles. The molecule has 0 spiro atoms. The fourth-order valence-corrected chi connectivity index (χ4v) is 3.53. The zero-order valence-electron chi connectivity index (χ0n) is 17.9. The third-order valence-corrected chi connectivity index (χ3v) is 5.25. The zero-order valence-corrected chi connectivity index (χ0v) is 18.6. The largest absolute Gasteiger partial charge is 0.480 e. The quantitative estimate of drug-likeness (QED) is 0.392. The van der Waals surface area contributed by atoms with Crippen LogP contribution in [0, 0.1) is 17.7 Å². The molecule has 1 fully saturated rings. The van der Waals surface area contributed by atoms with E-state index < -0.39 is 41.6 Å². The van der Waals surface area contributed by atoms with Gasteiger partial charge in [0.15, 0.2) is 0 Å². The summed E-state index contributed by atoms with van der Waals surface area (Å²) in [5.41, 5.74) is 0.148. The molecule has 1 aliphatic rings. The number of benzene rings is 1. The minimum absolute atomic E-state index is 0.0210. The summed E-state index contributed by atoms with van der Waals surface area (Å²) in [6, 6.07) is 1.75. The molecule has 0 radical (unpaired) electrons. The average molecular weight is 468 g/mol. The topological polar surface area (TPSA) is 125 Å². The first-order valence-corrected chi connectivity index (χ1v) is 10.7. The van der Waals surface area contributed by atoms with Crippen LogP contribution in [0.1, 0.15) is 38.7 Å². The number of carbonyl (C=O) groups is 4. The van der Waals surface area contributed by atoms with Gasteiger partial charge in [0.25, 0.3) is 0 Å². The molecule has 0 aliphatic carbocycles. The Balaban J connectivity index is 2.05. The van der Waals surface area contributed by atoms with E-state index in [0.29, 0.717) is 13.0 Å². The summed E-state index contributed by atoms with van der Waals surface area (Å²) in [6.07, 6.45) is 3.06. The molecule has 3 amide bonds. The van der Waals surface area contributed by atoms with Crippen LogP contribution in [0.2, 0.25) is 5.02 Å². The lowest BCUT2D eigenvalue weighted by atomic mass is 9.97. The van der Waals surface area contributed by atoms with Gasteiger partial charge in [0.2, 0.25) is 17.7 Å². The predicted octanol–water partition coefficient (Wildman–Crippen LogP) is 2.12. The van der Waals surface area contributed by atoms with Crippen LogP contribution < -0.4 is 16.0 Å². The molecule has 1 aliphatic heterocycles. The summed E-state index contributed by atoms with van der Waals surface area (Å²) in [4.78, 5) is 48.5. The van der Waals surface area contributed by atoms with Crippen molar-refractivity contribution in [2.45, 2.75) is 45.2 Å². The highest BCUT2D eigenvalue weighted by molar-refractivity contribution is 6.30. The molecule has 1 aromatic carbocycles. The van der Waals surface area contributed by atoms with Gasteiger partial charge in [-0.25, -0.2) is 9.18 Å². The summed E-state index contributed by atoms with van der Waals surface area (Å²) in [5.74, 6) is -3.87. The van der Waals surface area contributed by atoms with Crippen LogP contribution >= 0.6 is 11.6 Å². The smallest absolute Gasteiger partial charge is 0.326 e. The van der Waals surface area contributed by atoms with Gasteiger partial charge in [-0.05, 0) is 43.4 Å². The van der Waals surface area contributed by atoms with Crippen molar-refractivity contribution < 1.29 is 28.7 Å². The molecule has 2 rings (SSSR count). The lowest BCUT2D eigenvalue weighted by Crippen LogP contribution is -2.52. The number of carbonyl (C=O) groups excluding carboxylic acids is 3. The number of hydrogen-bond donors (Lipinski definition) is 4. The van der Waals surface area contributed by atoms with E-state index in [9.17, 15) is 28.7 Å². The van der Waals surface area contributed by atoms with Gasteiger partial charge in [0.1, 0.15) is 17.9 Å². The Morgan fingerprint density at radius 1 is 1.28 bits per heavy atom. The first kappa shape index (κ1) is 25.3. The number of nitrogens with one attached hydrogen (secondary N) is 3. The lowest BCUT2D eigenvalue weighted by molar-refractivity contribution is -0.143. The van der Waals surface area contributed by atoms with E-state index in [0.717, 1.165) is 12.1 Å². The lowest BCUT2D eigenvalue weighted by Gasteiger charge is -2.23. The Kier molecular flexibility index (Phi) is 9.19. The van der Waals surface area contributed by atoms with Gasteiger partial charge in [-0.3, -0.25) is 14.4 Å². The van der Waals surface area contributed by atoms with Gasteiger partial charge in [-0.2, -0.15) is 0 Å². The molecule has 1 aromatic rings. The van der Waals surface area contributed by atoms with Crippen LogP contribution in [0.4, 0.5) is 4.39 Å². The molecule has 0 aromatic heterocycles. The van der Waals surface area contributed by atoms with Gasteiger partial charge in [0.05, 0.1) is 0 Å². The van der Waals surface area contributed by atoms with E-state index in [1.807, 2.05) is 13.8 Å². The highest BCUT2D eigenvalue weighted by Crippen LogP contribution is 2.17. The number of halogens is 2. The standard InChI is InChI=1S/C22H27ClFN3O5/c1-12(2)9-17(26-19(28)6-4-13-3-5-15(23)11-16(13)24)21(30)27-18(22(31)32)10-14-7-8-25-20(14)29/h3-6,11-12,14,17-18H,7-10H2,1-2H3,(H,25,29)(H,26,28)(H,27,30)(H,31,32)/b6-4+/t14-,17-,18-/m0/s1. The maximum Gasteiger partial charge on any atom is 0.326 e. The summed E-state index contributed by atoms with van der Waals surface area (Å²) in [6.45, 7) is 4.17. The Hall–Kier alpha value is -2.94. The monoisotopic (exact) mass is 467 g/mol. The highest BCUT2D eigenvalue weighted by Gasteiger charge is 2.33. The Bertz CT molecular complexity index is 906. The van der Waals surface area contributed by atoms with E-state index in [-0.39, 0.29) is 35.3 Å². The summed E-state index contributed by atoms with van der Waals surface area (Å²) < 4.78 is 13.9. The molecule has 0 unspecified atom stereocenters. The van der Waals surface area contributed by atoms with E-state index in [1.54, 1.807) is 0 Å². The Morgan fingerprint density at radius 3 is 2.56 bits per heavy atom. The molecule has 3 atom stereocenters. The van der Waals surface area contributed by atoms with E-state index in [1.165, 1.54) is 18.2 Å². The van der Waals surface area contributed by atoms with E-state index in [4.69, 9.17) is 11.6 Å². The number of amides is 3. The number of hydrogen-bond acceptors (Lipinski definition) is 4. The van der Waals surface area contributed by atoms with E-state index >= 15 is 0 Å². The van der Waals surface area contributed by atoms with Gasteiger partial charge < -0.3 is 21.1 Å². The molecular formula is C22H27ClFN3O5. The molecule has 0 bridgehead atoms. The van der Waals surface area contributed by atoms with Crippen molar-refractivity contribution >= 4 is 41.4 Å². The molecule has 8 nitrogen and oxygen atoms in total. The molecule has 10 heteroatoms. The number of aliphatic carboxylic acids is 1. The zero-order chi connectivity index (χ0) is 23.8. The van der Waals surface area contributed by atoms with Crippen LogP contribution in [0.5, 0.6) is 0 Å². The van der Waals surface area contributed by atoms with Gasteiger partial charge >= 0.3 is 5.97 Å². The number of carboxylic acids is 1. The average Bonchev–Trinajstić information content (AvgIpc) is 3.10. The molecule has 32 heavy (non-hydrogen) atoms. The fraction of sp³-hybridized carbons (Fsp3) is 0.455. The van der Waals surface area contributed by atoms with Crippen LogP contribution in [-0.2, 0) is 19.2 Å². The van der Waals surface area contributed by atoms with Crippen molar-refractivity contribution in [3.8, 4) is 0 Å². The van der Waals surface area contributed by atoms with Crippen LogP contribution in [0.3, 0.4) is 0 Å². The minimum atomic E-state index is -1.26. The number of rotatable bonds is 10. The fourth-order valence-electron chi connectivity index (χ4n) is 3.37. The normalized spacial score (nSPS) is 17.8. The second-order valence-corrected chi connectivity index (χ2v) is 8.54. The SMILES string of the molecule is CC(C)C[C@H](NC(=O)/C=C/c1ccc(Cl)cc1F)C(=O)N[C@@H](C[C@@H]1CCNC1=O)C(=O)O. The highest BCUT2D eigenvalue weighted by atomic mass is 35.5. The first-order valence-electron chi connectivity index (χ1n) is 10.3. The van der Waals surface area contributed by atoms with Gasteiger partial charge in [0, 0.05) is 29.1 Å².